The third-order valence-electron chi connectivity index (χ3n) is 5.77. The molecule has 1 aliphatic rings. The summed E-state index contributed by atoms with van der Waals surface area (Å²) in [5.41, 5.74) is 0.682. The Balaban J connectivity index is 1.54. The normalized spacial score (nSPS) is 14.6. The second-order valence-corrected chi connectivity index (χ2v) is 11.5. The number of aromatic nitrogens is 4. The maximum Gasteiger partial charge on any atom is 0.334 e. The lowest BCUT2D eigenvalue weighted by atomic mass is 10.1. The number of tetrazole rings is 1. The van der Waals surface area contributed by atoms with Gasteiger partial charge in [0.05, 0.1) is 16.7 Å². The van der Waals surface area contributed by atoms with Crippen molar-refractivity contribution in [2.24, 2.45) is 0 Å². The Labute approximate surface area is 240 Å². The molecular weight excluding hydrogens is 561 g/mol. The van der Waals surface area contributed by atoms with Gasteiger partial charge in [-0.15, -0.1) is 16.9 Å². The molecule has 0 spiro atoms. The van der Waals surface area contributed by atoms with Gasteiger partial charge in [0, 0.05) is 24.3 Å². The van der Waals surface area contributed by atoms with Gasteiger partial charge in [-0.3, -0.25) is 4.79 Å². The molecule has 0 saturated carbocycles. The molecule has 2 aromatic rings. The number of thiocarbonyl (C=S) groups is 1. The summed E-state index contributed by atoms with van der Waals surface area (Å²) in [5, 5.41) is 40.1. The van der Waals surface area contributed by atoms with E-state index in [1.165, 1.54) is 4.68 Å². The highest BCUT2D eigenvalue weighted by atomic mass is 32.2. The summed E-state index contributed by atoms with van der Waals surface area (Å²) in [4.78, 5) is 24.3. The maximum atomic E-state index is 11.8. The number of carboxylic acid groups (broad SMARTS) is 2. The fourth-order valence-corrected chi connectivity index (χ4v) is 6.30. The van der Waals surface area contributed by atoms with E-state index < -0.39 is 23.3 Å². The highest BCUT2D eigenvalue weighted by Crippen LogP contribution is 2.41. The van der Waals surface area contributed by atoms with Gasteiger partial charge in [-0.2, -0.15) is 0 Å². The highest BCUT2D eigenvalue weighted by Gasteiger charge is 2.32. The predicted molar refractivity (Wildman–Crippen MR) is 153 cm³/mol. The predicted octanol–water partition coefficient (Wildman–Crippen LogP) is 4.70. The summed E-state index contributed by atoms with van der Waals surface area (Å²) in [6.07, 6.45) is 9.21. The molecule has 3 N–H and O–H groups in total. The summed E-state index contributed by atoms with van der Waals surface area (Å²) in [6, 6.07) is 7.41. The fraction of sp³-hybridized carbons (Fsp3) is 0.462. The topological polar surface area (TPSA) is 148 Å². The molecule has 1 aromatic heterocycles. The number of allylic oxidation sites excluding steroid dienone is 4. The zero-order chi connectivity index (χ0) is 28.0. The Hall–Kier alpha value is -2.74. The molecule has 2 unspecified atom stereocenters. The van der Waals surface area contributed by atoms with Crippen molar-refractivity contribution in [2.75, 3.05) is 12.4 Å². The molecule has 0 radical (unpaired) electrons. The molecule has 0 aliphatic heterocycles. The van der Waals surface area contributed by atoms with E-state index in [0.717, 1.165) is 65.1 Å². The Kier molecular flexibility index (Phi) is 12.9. The van der Waals surface area contributed by atoms with Crippen LogP contribution in [0, 0.1) is 0 Å². The number of hydrogen-bond acceptors (Lipinski definition) is 10. The number of nitrogens with zero attached hydrogens (tertiary/aromatic N) is 4. The standard InChI is InChI=1S/C26H32N4O6S3/c31-22(32)14-9-15-30-26(27-28-29-30)39-24(23(33)25(34)35)18-10-3-6-13-21(18)38-17-8-2-1-7-16-36-19-11-4-5-12-20(19)37/h3-6,10-11,13,23-24,33H,1-2,7-9,12,14-17H2,(H,31,32)(H,34,35). The van der Waals surface area contributed by atoms with Crippen LogP contribution in [0.15, 0.2) is 58.3 Å². The van der Waals surface area contributed by atoms with Crippen LogP contribution in [-0.2, 0) is 20.9 Å². The summed E-state index contributed by atoms with van der Waals surface area (Å²) >= 11 is 7.98. The molecule has 0 amide bonds. The summed E-state index contributed by atoms with van der Waals surface area (Å²) in [7, 11) is 0. The average Bonchev–Trinajstić information content (AvgIpc) is 3.36. The van der Waals surface area contributed by atoms with Crippen molar-refractivity contribution in [2.45, 2.75) is 72.9 Å². The van der Waals surface area contributed by atoms with E-state index in [2.05, 4.69) is 15.5 Å². The third kappa shape index (κ3) is 10.1. The number of aliphatic hydroxyl groups excluding tert-OH is 1. The van der Waals surface area contributed by atoms with E-state index in [0.29, 0.717) is 23.7 Å². The molecule has 1 aromatic carbocycles. The number of carbonyl (C=O) groups is 2. The molecular formula is C26H32N4O6S3. The zero-order valence-electron chi connectivity index (χ0n) is 21.3. The number of rotatable bonds is 18. The smallest absolute Gasteiger partial charge is 0.334 e. The van der Waals surface area contributed by atoms with Crippen LogP contribution in [0.3, 0.4) is 0 Å². The largest absolute Gasteiger partial charge is 0.492 e. The minimum absolute atomic E-state index is 0.0403. The lowest BCUT2D eigenvalue weighted by Gasteiger charge is -2.22. The van der Waals surface area contributed by atoms with E-state index in [1.54, 1.807) is 17.8 Å². The summed E-state index contributed by atoms with van der Waals surface area (Å²) < 4.78 is 7.22. The molecule has 0 fully saturated rings. The van der Waals surface area contributed by atoms with Crippen molar-refractivity contribution >= 4 is 52.5 Å². The van der Waals surface area contributed by atoms with Crippen LogP contribution < -0.4 is 0 Å². The quantitative estimate of drug-likeness (QED) is 0.125. The summed E-state index contributed by atoms with van der Waals surface area (Å²) in [5.74, 6) is -0.633. The van der Waals surface area contributed by atoms with Gasteiger partial charge in [-0.25, -0.2) is 9.48 Å². The second kappa shape index (κ2) is 16.4. The number of unbranched alkanes of at least 4 members (excludes halogenated alkanes) is 3. The van der Waals surface area contributed by atoms with Crippen molar-refractivity contribution in [3.63, 3.8) is 0 Å². The van der Waals surface area contributed by atoms with E-state index in [-0.39, 0.29) is 13.0 Å². The van der Waals surface area contributed by atoms with Crippen molar-refractivity contribution in [1.82, 2.24) is 20.2 Å². The molecule has 210 valence electrons. The number of carboxylic acids is 2. The zero-order valence-corrected chi connectivity index (χ0v) is 23.8. The lowest BCUT2D eigenvalue weighted by Crippen LogP contribution is -2.26. The van der Waals surface area contributed by atoms with Gasteiger partial charge >= 0.3 is 11.9 Å². The van der Waals surface area contributed by atoms with Crippen LogP contribution in [0.25, 0.3) is 0 Å². The molecule has 1 heterocycles. The number of ether oxygens (including phenoxy) is 1. The van der Waals surface area contributed by atoms with Gasteiger partial charge in [0.1, 0.15) is 5.76 Å². The molecule has 0 saturated heterocycles. The SMILES string of the molecule is O=C(O)CCCn1nnnc1SC(c1ccccc1SCCCCCCOC1=CC=CCC1=S)C(O)C(=O)O. The molecule has 0 bridgehead atoms. The van der Waals surface area contributed by atoms with Crippen molar-refractivity contribution < 1.29 is 29.6 Å². The third-order valence-corrected chi connectivity index (χ3v) is 8.59. The highest BCUT2D eigenvalue weighted by molar-refractivity contribution is 8.00. The van der Waals surface area contributed by atoms with Gasteiger partial charge < -0.3 is 20.1 Å². The molecule has 1 aliphatic carbocycles. The van der Waals surface area contributed by atoms with Crippen LogP contribution in [-0.4, -0.2) is 70.8 Å². The Morgan fingerprint density at radius 1 is 1.13 bits per heavy atom. The second-order valence-electron chi connectivity index (χ2n) is 8.74. The van der Waals surface area contributed by atoms with Gasteiger partial charge in [0.2, 0.25) is 5.16 Å². The monoisotopic (exact) mass is 592 g/mol. The van der Waals surface area contributed by atoms with E-state index in [9.17, 15) is 19.8 Å². The first-order chi connectivity index (χ1) is 18.9. The minimum Gasteiger partial charge on any atom is -0.492 e. The molecule has 3 rings (SSSR count). The average molecular weight is 593 g/mol. The van der Waals surface area contributed by atoms with Gasteiger partial charge in [-0.1, -0.05) is 67.2 Å². The molecule has 13 heteroatoms. The molecule has 39 heavy (non-hydrogen) atoms. The number of hydrogen-bond donors (Lipinski definition) is 3. The van der Waals surface area contributed by atoms with E-state index in [4.69, 9.17) is 22.1 Å². The number of thioether (sulfide) groups is 2. The number of aryl methyl sites for hydroxylation is 1. The van der Waals surface area contributed by atoms with Gasteiger partial charge in [-0.05, 0) is 53.1 Å². The first-order valence-electron chi connectivity index (χ1n) is 12.7. The number of benzene rings is 1. The van der Waals surface area contributed by atoms with Gasteiger partial charge in [0.25, 0.3) is 0 Å². The van der Waals surface area contributed by atoms with E-state index >= 15 is 0 Å². The van der Waals surface area contributed by atoms with Gasteiger partial charge in [0.15, 0.2) is 6.10 Å². The number of aliphatic carboxylic acids is 2. The molecule has 10 nitrogen and oxygen atoms in total. The number of aliphatic hydroxyl groups is 1. The van der Waals surface area contributed by atoms with Crippen molar-refractivity contribution in [3.8, 4) is 0 Å². The first kappa shape index (κ1) is 30.8. The Morgan fingerprint density at radius 2 is 1.92 bits per heavy atom. The maximum absolute atomic E-state index is 11.8. The van der Waals surface area contributed by atoms with Crippen LogP contribution in [0.5, 0.6) is 0 Å². The van der Waals surface area contributed by atoms with Crippen LogP contribution >= 0.6 is 35.7 Å². The van der Waals surface area contributed by atoms with Crippen molar-refractivity contribution in [3.05, 3.63) is 53.8 Å². The lowest BCUT2D eigenvalue weighted by molar-refractivity contribution is -0.146. The van der Waals surface area contributed by atoms with Crippen LogP contribution in [0.1, 0.15) is 55.8 Å². The summed E-state index contributed by atoms with van der Waals surface area (Å²) in [6.45, 7) is 0.901. The molecule has 2 atom stereocenters. The van der Waals surface area contributed by atoms with E-state index in [1.807, 2.05) is 36.4 Å². The first-order valence-corrected chi connectivity index (χ1v) is 14.9. The Morgan fingerprint density at radius 3 is 2.69 bits per heavy atom. The Bertz CT molecular complexity index is 1190. The van der Waals surface area contributed by atoms with Crippen LogP contribution in [0.2, 0.25) is 0 Å². The minimum atomic E-state index is -1.69. The van der Waals surface area contributed by atoms with Crippen molar-refractivity contribution in [1.29, 1.82) is 0 Å². The van der Waals surface area contributed by atoms with Crippen LogP contribution in [0.4, 0.5) is 0 Å². The fourth-order valence-electron chi connectivity index (χ4n) is 3.76.